The van der Waals surface area contributed by atoms with E-state index in [1.165, 1.54) is 10.8 Å². The van der Waals surface area contributed by atoms with E-state index in [4.69, 9.17) is 22.1 Å². The summed E-state index contributed by atoms with van der Waals surface area (Å²) in [5.74, 6) is -1.63. The molecule has 3 rings (SSSR count). The number of hydrogen-bond donors (Lipinski definition) is 1. The summed E-state index contributed by atoms with van der Waals surface area (Å²) in [5, 5.41) is -0.437. The molecule has 0 aliphatic carbocycles. The molecule has 26 heavy (non-hydrogen) atoms. The van der Waals surface area contributed by atoms with Crippen LogP contribution < -0.4 is 11.2 Å². The smallest absolute Gasteiger partial charge is 0.343 e. The molecule has 0 saturated heterocycles. The molecule has 0 amide bonds. The third-order valence-electron chi connectivity index (χ3n) is 3.83. The van der Waals surface area contributed by atoms with E-state index in [1.807, 2.05) is 0 Å². The zero-order valence-electron chi connectivity index (χ0n) is 13.8. The lowest BCUT2D eigenvalue weighted by molar-refractivity contribution is 0.0524. The predicted molar refractivity (Wildman–Crippen MR) is 96.2 cm³/mol. The van der Waals surface area contributed by atoms with Crippen LogP contribution in [-0.2, 0) is 11.3 Å². The molecule has 134 valence electrons. The van der Waals surface area contributed by atoms with Gasteiger partial charge >= 0.3 is 5.97 Å². The Morgan fingerprint density at radius 1 is 1.35 bits per heavy atom. The summed E-state index contributed by atoms with van der Waals surface area (Å²) in [7, 11) is 0. The first kappa shape index (κ1) is 18.0. The maximum Gasteiger partial charge on any atom is 0.343 e. The molecule has 6 nitrogen and oxygen atoms in total. The molecule has 1 aromatic carbocycles. The molecule has 0 spiro atoms. The lowest BCUT2D eigenvalue weighted by Gasteiger charge is -2.13. The molecule has 0 aliphatic rings. The summed E-state index contributed by atoms with van der Waals surface area (Å²) in [6, 6.07) is 8.07. The summed E-state index contributed by atoms with van der Waals surface area (Å²) in [4.78, 5) is 28.7. The summed E-state index contributed by atoms with van der Waals surface area (Å²) < 4.78 is 20.3. The molecule has 0 radical (unpaired) electrons. The Balaban J connectivity index is 2.34. The predicted octanol–water partition coefficient (Wildman–Crippen LogP) is 2.81. The highest BCUT2D eigenvalue weighted by Gasteiger charge is 2.19. The van der Waals surface area contributed by atoms with Crippen LogP contribution in [0.3, 0.4) is 0 Å². The minimum atomic E-state index is -0.845. The third kappa shape index (κ3) is 3.18. The molecule has 0 unspecified atom stereocenters. The Labute approximate surface area is 153 Å². The average molecular weight is 376 g/mol. The second-order valence-corrected chi connectivity index (χ2v) is 5.82. The molecular formula is C18H15ClFN3O3. The Morgan fingerprint density at radius 3 is 2.65 bits per heavy atom. The quantitative estimate of drug-likeness (QED) is 0.559. The normalized spacial score (nSPS) is 10.9. The van der Waals surface area contributed by atoms with E-state index < -0.39 is 17.2 Å². The topological polar surface area (TPSA) is 87.2 Å². The number of fused-ring (bicyclic) bond motifs is 1. The van der Waals surface area contributed by atoms with Crippen LogP contribution >= 0.6 is 11.6 Å². The van der Waals surface area contributed by atoms with Gasteiger partial charge in [0.2, 0.25) is 5.43 Å². The molecule has 2 heterocycles. The zero-order valence-corrected chi connectivity index (χ0v) is 14.6. The van der Waals surface area contributed by atoms with Gasteiger partial charge in [-0.25, -0.2) is 14.2 Å². The number of hydrogen-bond acceptors (Lipinski definition) is 5. The summed E-state index contributed by atoms with van der Waals surface area (Å²) >= 11 is 5.79. The van der Waals surface area contributed by atoms with Crippen molar-refractivity contribution in [3.05, 3.63) is 68.8 Å². The highest BCUT2D eigenvalue weighted by Crippen LogP contribution is 2.21. The number of carbonyl (C=O) groups excluding carboxylic acids is 1. The standard InChI is InChI=1S/C18H15ClFN3O3/c1-2-26-18(25)13-9-23(11-5-3-10(8-21)4-6-11)17-12(15(13)24)7-14(20)16(19)22-17/h3-7,9H,2,8,21H2,1H3. The molecule has 2 aromatic heterocycles. The zero-order chi connectivity index (χ0) is 18.8. The first-order chi connectivity index (χ1) is 12.5. The van der Waals surface area contributed by atoms with Crippen LogP contribution in [0.4, 0.5) is 4.39 Å². The molecule has 0 aliphatic heterocycles. The maximum absolute atomic E-state index is 13.9. The first-order valence-electron chi connectivity index (χ1n) is 7.84. The number of carbonyl (C=O) groups is 1. The van der Waals surface area contributed by atoms with E-state index in [1.54, 1.807) is 31.2 Å². The highest BCUT2D eigenvalue weighted by molar-refractivity contribution is 6.29. The van der Waals surface area contributed by atoms with Crippen LogP contribution in [0.5, 0.6) is 0 Å². The largest absolute Gasteiger partial charge is 0.462 e. The molecule has 0 fully saturated rings. The Hall–Kier alpha value is -2.77. The Morgan fingerprint density at radius 2 is 2.04 bits per heavy atom. The molecule has 8 heteroatoms. The minimum absolute atomic E-state index is 0.0691. The fourth-order valence-corrected chi connectivity index (χ4v) is 2.68. The van der Waals surface area contributed by atoms with Gasteiger partial charge in [-0.3, -0.25) is 4.79 Å². The number of halogens is 2. The van der Waals surface area contributed by atoms with Gasteiger partial charge < -0.3 is 15.0 Å². The van der Waals surface area contributed by atoms with Gasteiger partial charge in [0.05, 0.1) is 12.0 Å². The Kier molecular flexibility index (Phi) is 5.01. The summed E-state index contributed by atoms with van der Waals surface area (Å²) in [6.07, 6.45) is 1.32. The van der Waals surface area contributed by atoms with Crippen molar-refractivity contribution < 1.29 is 13.9 Å². The number of nitrogens with two attached hydrogens (primary N) is 1. The van der Waals surface area contributed by atoms with E-state index in [0.29, 0.717) is 12.2 Å². The van der Waals surface area contributed by atoms with Crippen LogP contribution in [0, 0.1) is 5.82 Å². The molecule has 2 N–H and O–H groups in total. The van der Waals surface area contributed by atoms with Gasteiger partial charge in [0, 0.05) is 18.4 Å². The van der Waals surface area contributed by atoms with Crippen molar-refractivity contribution in [2.75, 3.05) is 6.61 Å². The van der Waals surface area contributed by atoms with E-state index >= 15 is 0 Å². The van der Waals surface area contributed by atoms with Crippen molar-refractivity contribution in [1.29, 1.82) is 0 Å². The summed E-state index contributed by atoms with van der Waals surface area (Å²) in [6.45, 7) is 2.10. The van der Waals surface area contributed by atoms with Gasteiger partial charge in [0.25, 0.3) is 0 Å². The molecular weight excluding hydrogens is 361 g/mol. The van der Waals surface area contributed by atoms with E-state index in [9.17, 15) is 14.0 Å². The van der Waals surface area contributed by atoms with Gasteiger partial charge in [-0.05, 0) is 30.7 Å². The van der Waals surface area contributed by atoms with Crippen LogP contribution in [0.25, 0.3) is 16.7 Å². The van der Waals surface area contributed by atoms with Crippen LogP contribution in [0.1, 0.15) is 22.8 Å². The van der Waals surface area contributed by atoms with Crippen molar-refractivity contribution in [3.8, 4) is 5.69 Å². The molecule has 0 atom stereocenters. The average Bonchev–Trinajstić information content (AvgIpc) is 2.64. The number of ether oxygens (including phenoxy) is 1. The number of esters is 1. The number of benzene rings is 1. The maximum atomic E-state index is 13.9. The third-order valence-corrected chi connectivity index (χ3v) is 4.10. The second-order valence-electron chi connectivity index (χ2n) is 5.47. The van der Waals surface area contributed by atoms with Gasteiger partial charge in [-0.2, -0.15) is 0 Å². The van der Waals surface area contributed by atoms with Crippen molar-refractivity contribution in [3.63, 3.8) is 0 Å². The second kappa shape index (κ2) is 7.23. The lowest BCUT2D eigenvalue weighted by atomic mass is 10.1. The highest BCUT2D eigenvalue weighted by atomic mass is 35.5. The molecule has 3 aromatic rings. The van der Waals surface area contributed by atoms with Crippen molar-refractivity contribution >= 4 is 28.6 Å². The monoisotopic (exact) mass is 375 g/mol. The van der Waals surface area contributed by atoms with E-state index in [-0.39, 0.29) is 28.4 Å². The number of rotatable bonds is 4. The SMILES string of the molecule is CCOC(=O)c1cn(-c2ccc(CN)cc2)c2nc(Cl)c(F)cc2c1=O. The van der Waals surface area contributed by atoms with Gasteiger partial charge in [0.15, 0.2) is 11.0 Å². The lowest BCUT2D eigenvalue weighted by Crippen LogP contribution is -2.21. The van der Waals surface area contributed by atoms with Crippen LogP contribution in [0.2, 0.25) is 5.15 Å². The van der Waals surface area contributed by atoms with E-state index in [2.05, 4.69) is 4.98 Å². The number of nitrogens with zero attached hydrogens (tertiary/aromatic N) is 2. The minimum Gasteiger partial charge on any atom is -0.462 e. The number of pyridine rings is 2. The Bertz CT molecular complexity index is 1050. The van der Waals surface area contributed by atoms with Crippen LogP contribution in [0.15, 0.2) is 41.3 Å². The van der Waals surface area contributed by atoms with Crippen molar-refractivity contribution in [1.82, 2.24) is 9.55 Å². The van der Waals surface area contributed by atoms with Gasteiger partial charge in [0.1, 0.15) is 11.2 Å². The van der Waals surface area contributed by atoms with Gasteiger partial charge in [-0.1, -0.05) is 23.7 Å². The molecule has 0 bridgehead atoms. The van der Waals surface area contributed by atoms with E-state index in [0.717, 1.165) is 11.6 Å². The fourth-order valence-electron chi connectivity index (χ4n) is 2.55. The van der Waals surface area contributed by atoms with Crippen molar-refractivity contribution in [2.24, 2.45) is 5.73 Å². The summed E-state index contributed by atoms with van der Waals surface area (Å²) in [5.41, 5.74) is 6.36. The van der Waals surface area contributed by atoms with Crippen molar-refractivity contribution in [2.45, 2.75) is 13.5 Å². The van der Waals surface area contributed by atoms with Gasteiger partial charge in [-0.15, -0.1) is 0 Å². The van der Waals surface area contributed by atoms with Crippen LogP contribution in [-0.4, -0.2) is 22.1 Å². The fraction of sp³-hybridized carbons (Fsp3) is 0.167. The first-order valence-corrected chi connectivity index (χ1v) is 8.22. The number of aromatic nitrogens is 2. The molecule has 0 saturated carbocycles.